The first-order valence-electron chi connectivity index (χ1n) is 11.1. The number of nitrogens with zero attached hydrogens (tertiary/aromatic N) is 2. The third kappa shape index (κ3) is 4.70. The van der Waals surface area contributed by atoms with Crippen molar-refractivity contribution in [2.24, 2.45) is 5.41 Å². The number of hydrogen-bond acceptors (Lipinski definition) is 6. The molecule has 2 heterocycles. The summed E-state index contributed by atoms with van der Waals surface area (Å²) < 4.78 is 10.9. The van der Waals surface area contributed by atoms with Gasteiger partial charge in [0.25, 0.3) is 0 Å². The fourth-order valence-corrected chi connectivity index (χ4v) is 5.91. The predicted octanol–water partition coefficient (Wildman–Crippen LogP) is 4.42. The van der Waals surface area contributed by atoms with Crippen molar-refractivity contribution in [2.75, 3.05) is 26.8 Å². The standard InChI is InChI=1S/C24H32N2O3S/c1-3-29-23(27)24(16-18-7-6-8-19(15-18)28-2)11-13-26(14-12-24)17-22-25-20-9-4-5-10-21(20)30-22/h6-8,15H,3-5,9-14,16-17H2,1-2H3. The van der Waals surface area contributed by atoms with Crippen molar-refractivity contribution < 1.29 is 14.3 Å². The molecule has 1 aromatic carbocycles. The first-order chi connectivity index (χ1) is 14.6. The molecule has 1 fully saturated rings. The number of carbonyl (C=O) groups is 1. The Kier molecular flexibility index (Phi) is 6.74. The summed E-state index contributed by atoms with van der Waals surface area (Å²) >= 11 is 1.89. The van der Waals surface area contributed by atoms with E-state index >= 15 is 0 Å². The number of carbonyl (C=O) groups excluding carboxylic acids is 1. The van der Waals surface area contributed by atoms with Crippen LogP contribution in [0.2, 0.25) is 0 Å². The zero-order chi connectivity index (χ0) is 21.0. The monoisotopic (exact) mass is 428 g/mol. The van der Waals surface area contributed by atoms with Gasteiger partial charge < -0.3 is 9.47 Å². The van der Waals surface area contributed by atoms with Gasteiger partial charge in [-0.15, -0.1) is 11.3 Å². The Bertz CT molecular complexity index is 848. The van der Waals surface area contributed by atoms with Gasteiger partial charge in [-0.05, 0) is 82.7 Å². The molecule has 6 heteroatoms. The van der Waals surface area contributed by atoms with E-state index in [2.05, 4.69) is 11.0 Å². The number of ether oxygens (including phenoxy) is 2. The molecule has 0 N–H and O–H groups in total. The Morgan fingerprint density at radius 1 is 1.23 bits per heavy atom. The van der Waals surface area contributed by atoms with Gasteiger partial charge in [0, 0.05) is 4.88 Å². The van der Waals surface area contributed by atoms with Crippen molar-refractivity contribution in [3.05, 3.63) is 45.4 Å². The number of benzene rings is 1. The number of piperidine rings is 1. The molecule has 4 rings (SSSR count). The van der Waals surface area contributed by atoms with E-state index in [0.29, 0.717) is 13.0 Å². The molecule has 162 valence electrons. The molecule has 0 unspecified atom stereocenters. The number of esters is 1. The summed E-state index contributed by atoms with van der Waals surface area (Å²) in [6, 6.07) is 8.05. The van der Waals surface area contributed by atoms with Crippen molar-refractivity contribution in [1.29, 1.82) is 0 Å². The van der Waals surface area contributed by atoms with Gasteiger partial charge in [0.15, 0.2) is 0 Å². The lowest BCUT2D eigenvalue weighted by Gasteiger charge is -2.39. The van der Waals surface area contributed by atoms with Crippen LogP contribution in [-0.2, 0) is 35.3 Å². The van der Waals surface area contributed by atoms with Crippen LogP contribution in [0.1, 0.15) is 53.7 Å². The van der Waals surface area contributed by atoms with E-state index < -0.39 is 5.41 Å². The van der Waals surface area contributed by atoms with Crippen LogP contribution in [0, 0.1) is 5.41 Å². The van der Waals surface area contributed by atoms with Crippen LogP contribution in [0.15, 0.2) is 24.3 Å². The van der Waals surface area contributed by atoms with E-state index in [1.165, 1.54) is 34.8 Å². The number of likely N-dealkylation sites (tertiary alicyclic amines) is 1. The molecule has 0 bridgehead atoms. The topological polar surface area (TPSA) is 51.7 Å². The van der Waals surface area contributed by atoms with Crippen LogP contribution >= 0.6 is 11.3 Å². The van der Waals surface area contributed by atoms with E-state index in [4.69, 9.17) is 14.5 Å². The quantitative estimate of drug-likeness (QED) is 0.611. The highest BCUT2D eigenvalue weighted by molar-refractivity contribution is 7.11. The summed E-state index contributed by atoms with van der Waals surface area (Å²) in [4.78, 5) is 21.8. The normalized spacial score (nSPS) is 18.6. The summed E-state index contributed by atoms with van der Waals surface area (Å²) in [7, 11) is 1.68. The molecule has 0 spiro atoms. The maximum Gasteiger partial charge on any atom is 0.312 e. The molecule has 0 atom stereocenters. The van der Waals surface area contributed by atoms with Crippen LogP contribution in [0.3, 0.4) is 0 Å². The highest BCUT2D eigenvalue weighted by atomic mass is 32.1. The number of fused-ring (bicyclic) bond motifs is 1. The van der Waals surface area contributed by atoms with E-state index in [1.807, 2.05) is 36.5 Å². The second kappa shape index (κ2) is 9.48. The minimum absolute atomic E-state index is 0.0582. The average molecular weight is 429 g/mol. The third-order valence-electron chi connectivity index (χ3n) is 6.45. The van der Waals surface area contributed by atoms with Crippen LogP contribution in [-0.4, -0.2) is 42.7 Å². The van der Waals surface area contributed by atoms with Crippen LogP contribution in [0.25, 0.3) is 0 Å². The lowest BCUT2D eigenvalue weighted by Crippen LogP contribution is -2.46. The van der Waals surface area contributed by atoms with E-state index in [1.54, 1.807) is 7.11 Å². The summed E-state index contributed by atoms with van der Waals surface area (Å²) in [5.41, 5.74) is 2.00. The fraction of sp³-hybridized carbons (Fsp3) is 0.583. The number of methoxy groups -OCH3 is 1. The zero-order valence-electron chi connectivity index (χ0n) is 18.1. The number of rotatable bonds is 7. The molecule has 1 saturated heterocycles. The lowest BCUT2D eigenvalue weighted by molar-refractivity contribution is -0.158. The molecular weight excluding hydrogens is 396 g/mol. The Balaban J connectivity index is 1.44. The zero-order valence-corrected chi connectivity index (χ0v) is 18.9. The number of aryl methyl sites for hydroxylation is 2. The molecule has 1 aliphatic carbocycles. The minimum atomic E-state index is -0.457. The first kappa shape index (κ1) is 21.3. The van der Waals surface area contributed by atoms with E-state index in [0.717, 1.165) is 50.2 Å². The minimum Gasteiger partial charge on any atom is -0.497 e. The van der Waals surface area contributed by atoms with Gasteiger partial charge in [0.2, 0.25) is 0 Å². The summed E-state index contributed by atoms with van der Waals surface area (Å²) in [5.74, 6) is 0.772. The lowest BCUT2D eigenvalue weighted by atomic mass is 9.73. The van der Waals surface area contributed by atoms with Crippen molar-refractivity contribution >= 4 is 17.3 Å². The smallest absolute Gasteiger partial charge is 0.312 e. The summed E-state index contributed by atoms with van der Waals surface area (Å²) in [6.07, 6.45) is 7.22. The van der Waals surface area contributed by atoms with Crippen molar-refractivity contribution in [1.82, 2.24) is 9.88 Å². The van der Waals surface area contributed by atoms with Crippen LogP contribution in [0.4, 0.5) is 0 Å². The van der Waals surface area contributed by atoms with Crippen LogP contribution < -0.4 is 4.74 Å². The van der Waals surface area contributed by atoms with Gasteiger partial charge in [-0.25, -0.2) is 4.98 Å². The predicted molar refractivity (Wildman–Crippen MR) is 119 cm³/mol. The van der Waals surface area contributed by atoms with Crippen LogP contribution in [0.5, 0.6) is 5.75 Å². The second-order valence-electron chi connectivity index (χ2n) is 8.49. The molecule has 2 aromatic rings. The molecule has 1 aliphatic heterocycles. The van der Waals surface area contributed by atoms with Crippen molar-refractivity contribution in [2.45, 2.75) is 58.4 Å². The van der Waals surface area contributed by atoms with E-state index in [9.17, 15) is 4.79 Å². The Labute approximate surface area is 183 Å². The summed E-state index contributed by atoms with van der Waals surface area (Å²) in [6.45, 7) is 5.00. The molecule has 1 aromatic heterocycles. The molecule has 0 saturated carbocycles. The SMILES string of the molecule is CCOC(=O)C1(Cc2cccc(OC)c2)CCN(Cc2nc3c(s2)CCCC3)CC1. The molecular formula is C24H32N2O3S. The fourth-order valence-electron chi connectivity index (χ4n) is 4.71. The van der Waals surface area contributed by atoms with Gasteiger partial charge in [-0.2, -0.15) is 0 Å². The van der Waals surface area contributed by atoms with Gasteiger partial charge >= 0.3 is 5.97 Å². The number of aromatic nitrogens is 1. The maximum atomic E-state index is 13.0. The third-order valence-corrected chi connectivity index (χ3v) is 7.59. The highest BCUT2D eigenvalue weighted by Crippen LogP contribution is 2.38. The molecule has 0 radical (unpaired) electrons. The first-order valence-corrected chi connectivity index (χ1v) is 11.9. The Hall–Kier alpha value is -1.92. The number of thiazole rings is 1. The highest BCUT2D eigenvalue weighted by Gasteiger charge is 2.43. The Morgan fingerprint density at radius 2 is 2.03 bits per heavy atom. The average Bonchev–Trinajstić information content (AvgIpc) is 3.18. The Morgan fingerprint density at radius 3 is 2.77 bits per heavy atom. The van der Waals surface area contributed by atoms with Gasteiger partial charge in [-0.3, -0.25) is 9.69 Å². The second-order valence-corrected chi connectivity index (χ2v) is 9.66. The van der Waals surface area contributed by atoms with E-state index in [-0.39, 0.29) is 5.97 Å². The summed E-state index contributed by atoms with van der Waals surface area (Å²) in [5, 5.41) is 1.23. The van der Waals surface area contributed by atoms with Gasteiger partial charge in [0.05, 0.1) is 31.4 Å². The van der Waals surface area contributed by atoms with Crippen molar-refractivity contribution in [3.63, 3.8) is 0 Å². The molecule has 30 heavy (non-hydrogen) atoms. The van der Waals surface area contributed by atoms with Gasteiger partial charge in [-0.1, -0.05) is 12.1 Å². The van der Waals surface area contributed by atoms with Crippen molar-refractivity contribution in [3.8, 4) is 5.75 Å². The molecule has 0 amide bonds. The number of hydrogen-bond donors (Lipinski definition) is 0. The molecule has 5 nitrogen and oxygen atoms in total. The maximum absolute atomic E-state index is 13.0. The molecule has 2 aliphatic rings. The largest absolute Gasteiger partial charge is 0.497 e. The van der Waals surface area contributed by atoms with Gasteiger partial charge in [0.1, 0.15) is 10.8 Å².